The molecule has 0 unspecified atom stereocenters. The quantitative estimate of drug-likeness (QED) is 0.488. The maximum absolute atomic E-state index is 11.7. The summed E-state index contributed by atoms with van der Waals surface area (Å²) in [6.07, 6.45) is 0. The Hall–Kier alpha value is -0.440. The minimum Gasteiger partial charge on any atom is -0.195 e. The molecule has 0 saturated heterocycles. The predicted octanol–water partition coefficient (Wildman–Crippen LogP) is 1.83. The molecule has 7 heavy (non-hydrogen) atoms. The van der Waals surface area contributed by atoms with Crippen molar-refractivity contribution in [3.8, 4) is 0 Å². The third kappa shape index (κ3) is 0.962. The van der Waals surface area contributed by atoms with Gasteiger partial charge in [-0.25, -0.2) is 0 Å². The van der Waals surface area contributed by atoms with Crippen LogP contribution in [-0.2, 0) is 0 Å². The van der Waals surface area contributed by atoms with E-state index in [9.17, 15) is 8.78 Å². The highest BCUT2D eigenvalue weighted by molar-refractivity contribution is 7.08. The lowest BCUT2D eigenvalue weighted by molar-refractivity contribution is 0.652. The van der Waals surface area contributed by atoms with Crippen molar-refractivity contribution in [3.05, 3.63) is 22.4 Å². The van der Waals surface area contributed by atoms with E-state index in [0.29, 0.717) is 11.3 Å². The minimum absolute atomic E-state index is 0.454. The molecule has 1 radical (unpaired) electrons. The van der Waals surface area contributed by atoms with Crippen LogP contribution >= 0.6 is 11.3 Å². The van der Waals surface area contributed by atoms with E-state index in [0.717, 1.165) is 6.07 Å². The Bertz CT molecular complexity index is 142. The molecule has 0 aliphatic carbocycles. The Balaban J connectivity index is 3.04. The molecule has 0 N–H and O–H groups in total. The topological polar surface area (TPSA) is 0 Å². The third-order valence-electron chi connectivity index (χ3n) is 0.486. The van der Waals surface area contributed by atoms with E-state index in [1.54, 1.807) is 0 Å². The summed E-state index contributed by atoms with van der Waals surface area (Å²) in [5, 5.41) is -1.13. The van der Waals surface area contributed by atoms with Gasteiger partial charge in [0, 0.05) is 6.07 Å². The fourth-order valence-electron chi connectivity index (χ4n) is 0.258. The first-order chi connectivity index (χ1) is 3.29. The monoisotopic (exact) mass is 119 g/mol. The van der Waals surface area contributed by atoms with Crippen LogP contribution in [0.15, 0.2) is 6.07 Å². The summed E-state index contributed by atoms with van der Waals surface area (Å²) in [6, 6.07) is 3.02. The van der Waals surface area contributed by atoms with Crippen molar-refractivity contribution < 1.29 is 8.78 Å². The van der Waals surface area contributed by atoms with Gasteiger partial charge < -0.3 is 0 Å². The van der Waals surface area contributed by atoms with E-state index >= 15 is 0 Å². The Kier molecular flexibility index (Phi) is 1.06. The summed E-state index contributed by atoms with van der Waals surface area (Å²) in [5.41, 5.74) is 0. The van der Waals surface area contributed by atoms with Gasteiger partial charge in [-0.3, -0.25) is 0 Å². The minimum atomic E-state index is -0.600. The zero-order valence-corrected chi connectivity index (χ0v) is 4.06. The van der Waals surface area contributed by atoms with Crippen molar-refractivity contribution in [3.63, 3.8) is 0 Å². The van der Waals surface area contributed by atoms with Crippen molar-refractivity contribution in [2.75, 3.05) is 0 Å². The standard InChI is InChI=1S/C4HF2S/c5-3-1-2-4(6)7-3/h1H. The smallest absolute Gasteiger partial charge is 0.187 e. The zero-order valence-electron chi connectivity index (χ0n) is 3.24. The average Bonchev–Trinajstić information content (AvgIpc) is 1.87. The highest BCUT2D eigenvalue weighted by atomic mass is 32.1. The lowest BCUT2D eigenvalue weighted by Gasteiger charge is -1.63. The van der Waals surface area contributed by atoms with Crippen LogP contribution in [0, 0.1) is 16.3 Å². The molecule has 0 aromatic carbocycles. The second kappa shape index (κ2) is 1.58. The Morgan fingerprint density at radius 1 is 1.57 bits per heavy atom. The van der Waals surface area contributed by atoms with E-state index in [-0.39, 0.29) is 0 Å². The fourth-order valence-corrected chi connectivity index (χ4v) is 0.665. The molecule has 0 nitrogen and oxygen atoms in total. The van der Waals surface area contributed by atoms with Crippen molar-refractivity contribution >= 4 is 11.3 Å². The molecule has 0 atom stereocenters. The van der Waals surface area contributed by atoms with Crippen molar-refractivity contribution in [1.82, 2.24) is 0 Å². The highest BCUT2D eigenvalue weighted by Crippen LogP contribution is 2.09. The Morgan fingerprint density at radius 3 is 2.43 bits per heavy atom. The molecule has 1 aromatic rings. The number of halogens is 2. The summed E-state index contributed by atoms with van der Waals surface area (Å²) in [7, 11) is 0. The third-order valence-corrected chi connectivity index (χ3v) is 1.10. The first kappa shape index (κ1) is 4.71. The van der Waals surface area contributed by atoms with Crippen molar-refractivity contribution in [2.45, 2.75) is 0 Å². The molecule has 0 spiro atoms. The van der Waals surface area contributed by atoms with Gasteiger partial charge in [0.1, 0.15) is 0 Å². The maximum atomic E-state index is 11.7. The first-order valence-electron chi connectivity index (χ1n) is 1.61. The predicted molar refractivity (Wildman–Crippen MR) is 23.1 cm³/mol. The SMILES string of the molecule is Fc1[c]cc(F)s1. The van der Waals surface area contributed by atoms with Gasteiger partial charge >= 0.3 is 0 Å². The van der Waals surface area contributed by atoms with Gasteiger partial charge in [0.05, 0.1) is 0 Å². The molecule has 0 fully saturated rings. The molecule has 37 valence electrons. The molecule has 0 aliphatic heterocycles. The zero-order chi connectivity index (χ0) is 5.28. The van der Waals surface area contributed by atoms with E-state index < -0.39 is 10.3 Å². The van der Waals surface area contributed by atoms with Crippen molar-refractivity contribution in [1.29, 1.82) is 0 Å². The molecule has 0 bridgehead atoms. The van der Waals surface area contributed by atoms with Gasteiger partial charge in [0.15, 0.2) is 10.3 Å². The normalized spacial score (nSPS) is 9.43. The van der Waals surface area contributed by atoms with Crippen LogP contribution in [-0.4, -0.2) is 0 Å². The Morgan fingerprint density at radius 2 is 2.29 bits per heavy atom. The molecular formula is C4HF2S. The van der Waals surface area contributed by atoms with Gasteiger partial charge in [-0.1, -0.05) is 11.3 Å². The van der Waals surface area contributed by atoms with Gasteiger partial charge in [-0.05, 0) is 6.07 Å². The number of thiophene rings is 1. The molecular weight excluding hydrogens is 118 g/mol. The highest BCUT2D eigenvalue weighted by Gasteiger charge is 1.93. The summed E-state index contributed by atoms with van der Waals surface area (Å²) in [6.45, 7) is 0. The first-order valence-corrected chi connectivity index (χ1v) is 2.43. The lowest BCUT2D eigenvalue weighted by atomic mass is 10.7. The number of hydrogen-bond donors (Lipinski definition) is 0. The second-order valence-electron chi connectivity index (χ2n) is 0.969. The van der Waals surface area contributed by atoms with Gasteiger partial charge in [-0.2, -0.15) is 8.78 Å². The van der Waals surface area contributed by atoms with Crippen LogP contribution in [0.3, 0.4) is 0 Å². The van der Waals surface area contributed by atoms with E-state index in [2.05, 4.69) is 0 Å². The van der Waals surface area contributed by atoms with Gasteiger partial charge in [-0.15, -0.1) is 0 Å². The molecule has 0 saturated carbocycles. The fraction of sp³-hybridized carbons (Fsp3) is 0. The van der Waals surface area contributed by atoms with Crippen LogP contribution in [0.1, 0.15) is 0 Å². The van der Waals surface area contributed by atoms with Gasteiger partial charge in [0.25, 0.3) is 0 Å². The van der Waals surface area contributed by atoms with Crippen molar-refractivity contribution in [2.24, 2.45) is 0 Å². The summed E-state index contributed by atoms with van der Waals surface area (Å²) in [5.74, 6) is 0. The maximum Gasteiger partial charge on any atom is 0.187 e. The summed E-state index contributed by atoms with van der Waals surface area (Å²) >= 11 is 0.454. The van der Waals surface area contributed by atoms with Crippen LogP contribution < -0.4 is 0 Å². The second-order valence-corrected chi connectivity index (χ2v) is 1.92. The van der Waals surface area contributed by atoms with Gasteiger partial charge in [0.2, 0.25) is 0 Å². The van der Waals surface area contributed by atoms with E-state index in [4.69, 9.17) is 0 Å². The summed E-state index contributed by atoms with van der Waals surface area (Å²) in [4.78, 5) is 0. The van der Waals surface area contributed by atoms with Crippen LogP contribution in [0.25, 0.3) is 0 Å². The van der Waals surface area contributed by atoms with Crippen LogP contribution in [0.5, 0.6) is 0 Å². The Labute approximate surface area is 43.4 Å². The summed E-state index contributed by atoms with van der Waals surface area (Å²) < 4.78 is 23.3. The molecule has 0 aliphatic rings. The molecule has 1 rings (SSSR count). The largest absolute Gasteiger partial charge is 0.195 e. The number of rotatable bonds is 0. The van der Waals surface area contributed by atoms with Crippen LogP contribution in [0.4, 0.5) is 8.78 Å². The van der Waals surface area contributed by atoms with E-state index in [1.165, 1.54) is 0 Å². The molecule has 3 heteroatoms. The number of hydrogen-bond acceptors (Lipinski definition) is 1. The average molecular weight is 119 g/mol. The molecule has 0 amide bonds. The van der Waals surface area contributed by atoms with E-state index in [1.807, 2.05) is 6.07 Å². The van der Waals surface area contributed by atoms with Crippen LogP contribution in [0.2, 0.25) is 0 Å². The molecule has 1 aromatic heterocycles. The lowest BCUT2D eigenvalue weighted by Crippen LogP contribution is -1.46. The molecule has 1 heterocycles.